The molecule has 2 aliphatic rings. The first kappa shape index (κ1) is 15.3. The van der Waals surface area contributed by atoms with Crippen molar-refractivity contribution in [2.24, 2.45) is 17.3 Å². The summed E-state index contributed by atoms with van der Waals surface area (Å²) in [7, 11) is 0. The molecule has 2 nitrogen and oxygen atoms in total. The molecule has 0 spiro atoms. The van der Waals surface area contributed by atoms with Crippen LogP contribution in [0, 0.1) is 17.3 Å². The van der Waals surface area contributed by atoms with Crippen molar-refractivity contribution >= 4 is 0 Å². The fraction of sp³-hybridized carbons (Fsp3) is 1.00. The lowest BCUT2D eigenvalue weighted by Gasteiger charge is -2.49. The molecule has 2 saturated heterocycles. The molecule has 0 radical (unpaired) electrons. The predicted molar refractivity (Wildman–Crippen MR) is 83.4 cm³/mol. The summed E-state index contributed by atoms with van der Waals surface area (Å²) < 4.78 is 0. The largest absolute Gasteiger partial charge is 0.303 e. The summed E-state index contributed by atoms with van der Waals surface area (Å²) in [6.45, 7) is 20.8. The molecule has 0 aliphatic carbocycles. The molecule has 2 fully saturated rings. The van der Waals surface area contributed by atoms with Gasteiger partial charge in [0.15, 0.2) is 0 Å². The predicted octanol–water partition coefficient (Wildman–Crippen LogP) is 3.47. The maximum atomic E-state index is 2.72. The van der Waals surface area contributed by atoms with Gasteiger partial charge in [0.2, 0.25) is 0 Å². The van der Waals surface area contributed by atoms with Crippen LogP contribution in [0.1, 0.15) is 54.4 Å². The van der Waals surface area contributed by atoms with Crippen molar-refractivity contribution in [3.63, 3.8) is 0 Å². The Morgan fingerprint density at radius 2 is 1.42 bits per heavy atom. The maximum Gasteiger partial charge on any atom is 0.0125 e. The minimum atomic E-state index is 0.371. The Kier molecular flexibility index (Phi) is 4.32. The van der Waals surface area contributed by atoms with Crippen molar-refractivity contribution < 1.29 is 0 Å². The number of rotatable bonds is 2. The van der Waals surface area contributed by atoms with Gasteiger partial charge in [0, 0.05) is 25.2 Å². The van der Waals surface area contributed by atoms with Crippen molar-refractivity contribution in [3.8, 4) is 0 Å². The summed E-state index contributed by atoms with van der Waals surface area (Å²) in [5, 5.41) is 0. The van der Waals surface area contributed by atoms with Crippen molar-refractivity contribution in [1.82, 2.24) is 9.80 Å². The van der Waals surface area contributed by atoms with Gasteiger partial charge in [-0.05, 0) is 64.0 Å². The quantitative estimate of drug-likeness (QED) is 0.755. The highest BCUT2D eigenvalue weighted by atomic mass is 15.3. The molecule has 0 aromatic carbocycles. The second kappa shape index (κ2) is 5.37. The summed E-state index contributed by atoms with van der Waals surface area (Å²) >= 11 is 0. The van der Waals surface area contributed by atoms with Gasteiger partial charge in [0.1, 0.15) is 0 Å². The van der Waals surface area contributed by atoms with Gasteiger partial charge in [0.05, 0.1) is 0 Å². The van der Waals surface area contributed by atoms with Crippen LogP contribution in [0.15, 0.2) is 0 Å². The van der Waals surface area contributed by atoms with Crippen molar-refractivity contribution in [2.75, 3.05) is 32.7 Å². The smallest absolute Gasteiger partial charge is 0.0125 e. The standard InChI is InChI=1S/C17H34N2/c1-16(2,3)15-7-9-18(10-8-15)11-14-12-19(13-14)17(4,5)6/h14-15H,7-13H2,1-6H3. The first-order valence-corrected chi connectivity index (χ1v) is 8.13. The average molecular weight is 266 g/mol. The molecule has 2 heteroatoms. The van der Waals surface area contributed by atoms with Gasteiger partial charge >= 0.3 is 0 Å². The topological polar surface area (TPSA) is 6.48 Å². The zero-order chi connectivity index (χ0) is 14.3. The number of hydrogen-bond donors (Lipinski definition) is 0. The van der Waals surface area contributed by atoms with Gasteiger partial charge in [-0.1, -0.05) is 20.8 Å². The third-order valence-corrected chi connectivity index (χ3v) is 5.23. The van der Waals surface area contributed by atoms with Crippen LogP contribution in [-0.4, -0.2) is 48.1 Å². The number of likely N-dealkylation sites (tertiary alicyclic amines) is 2. The molecule has 0 bridgehead atoms. The van der Waals surface area contributed by atoms with E-state index in [1.165, 1.54) is 45.6 Å². The van der Waals surface area contributed by atoms with Crippen molar-refractivity contribution in [3.05, 3.63) is 0 Å². The third kappa shape index (κ3) is 3.95. The van der Waals surface area contributed by atoms with E-state index in [-0.39, 0.29) is 0 Å². The van der Waals surface area contributed by atoms with Gasteiger partial charge in [0.25, 0.3) is 0 Å². The summed E-state index contributed by atoms with van der Waals surface area (Å²) in [5.74, 6) is 1.85. The van der Waals surface area contributed by atoms with E-state index in [1.807, 2.05) is 0 Å². The van der Waals surface area contributed by atoms with Crippen LogP contribution < -0.4 is 0 Å². The highest BCUT2D eigenvalue weighted by Gasteiger charge is 2.36. The van der Waals surface area contributed by atoms with E-state index in [0.717, 1.165) is 11.8 Å². The fourth-order valence-corrected chi connectivity index (χ4v) is 3.58. The van der Waals surface area contributed by atoms with E-state index in [0.29, 0.717) is 11.0 Å². The molecule has 0 atom stereocenters. The molecule has 2 rings (SSSR count). The molecule has 19 heavy (non-hydrogen) atoms. The first-order chi connectivity index (χ1) is 8.66. The van der Waals surface area contributed by atoms with E-state index in [9.17, 15) is 0 Å². The normalized spacial score (nSPS) is 25.6. The van der Waals surface area contributed by atoms with E-state index in [1.54, 1.807) is 0 Å². The van der Waals surface area contributed by atoms with E-state index < -0.39 is 0 Å². The van der Waals surface area contributed by atoms with Gasteiger partial charge in [-0.25, -0.2) is 0 Å². The summed E-state index contributed by atoms with van der Waals surface area (Å²) in [5.41, 5.74) is 0.876. The number of hydrogen-bond acceptors (Lipinski definition) is 2. The molecule has 2 heterocycles. The Hall–Kier alpha value is -0.0800. The van der Waals surface area contributed by atoms with Gasteiger partial charge in [-0.2, -0.15) is 0 Å². The highest BCUT2D eigenvalue weighted by molar-refractivity contribution is 4.91. The van der Waals surface area contributed by atoms with E-state index in [2.05, 4.69) is 51.3 Å². The van der Waals surface area contributed by atoms with Crippen LogP contribution in [0.3, 0.4) is 0 Å². The SMILES string of the molecule is CC(C)(C)C1CCN(CC2CN(C(C)(C)C)C2)CC1. The van der Waals surface area contributed by atoms with Crippen molar-refractivity contribution in [1.29, 1.82) is 0 Å². The average Bonchev–Trinajstić information content (AvgIpc) is 2.20. The molecule has 0 aromatic heterocycles. The molecular formula is C17H34N2. The Labute approximate surface area is 120 Å². The molecule has 2 aliphatic heterocycles. The Balaban J connectivity index is 1.68. The van der Waals surface area contributed by atoms with Gasteiger partial charge < -0.3 is 4.90 Å². The molecule has 0 N–H and O–H groups in total. The lowest BCUT2D eigenvalue weighted by atomic mass is 9.75. The summed E-state index contributed by atoms with van der Waals surface area (Å²) in [6, 6.07) is 0. The first-order valence-electron chi connectivity index (χ1n) is 8.13. The summed E-state index contributed by atoms with van der Waals surface area (Å²) in [6.07, 6.45) is 2.80. The van der Waals surface area contributed by atoms with Crippen LogP contribution in [0.4, 0.5) is 0 Å². The molecule has 0 unspecified atom stereocenters. The second-order valence-electron chi connectivity index (χ2n) is 8.88. The minimum Gasteiger partial charge on any atom is -0.303 e. The van der Waals surface area contributed by atoms with E-state index in [4.69, 9.17) is 0 Å². The lowest BCUT2D eigenvalue weighted by molar-refractivity contribution is -0.00968. The van der Waals surface area contributed by atoms with Crippen LogP contribution >= 0.6 is 0 Å². The van der Waals surface area contributed by atoms with Crippen LogP contribution in [0.25, 0.3) is 0 Å². The Morgan fingerprint density at radius 3 is 1.84 bits per heavy atom. The Morgan fingerprint density at radius 1 is 0.895 bits per heavy atom. The zero-order valence-corrected chi connectivity index (χ0v) is 14.0. The molecular weight excluding hydrogens is 232 g/mol. The molecule has 112 valence electrons. The van der Waals surface area contributed by atoms with Crippen molar-refractivity contribution in [2.45, 2.75) is 59.9 Å². The summed E-state index contributed by atoms with van der Waals surface area (Å²) in [4.78, 5) is 5.33. The van der Waals surface area contributed by atoms with Crippen LogP contribution in [-0.2, 0) is 0 Å². The second-order valence-corrected chi connectivity index (χ2v) is 8.88. The lowest BCUT2D eigenvalue weighted by Crippen LogP contribution is -2.58. The zero-order valence-electron chi connectivity index (χ0n) is 14.0. The fourth-order valence-electron chi connectivity index (χ4n) is 3.58. The minimum absolute atomic E-state index is 0.371. The molecule has 0 amide bonds. The number of piperidine rings is 1. The van der Waals surface area contributed by atoms with Crippen LogP contribution in [0.2, 0.25) is 0 Å². The maximum absolute atomic E-state index is 2.72. The molecule has 0 aromatic rings. The highest BCUT2D eigenvalue weighted by Crippen LogP contribution is 2.35. The van der Waals surface area contributed by atoms with E-state index >= 15 is 0 Å². The van der Waals surface area contributed by atoms with Crippen LogP contribution in [0.5, 0.6) is 0 Å². The monoisotopic (exact) mass is 266 g/mol. The Bertz CT molecular complexity index is 283. The van der Waals surface area contributed by atoms with Gasteiger partial charge in [-0.3, -0.25) is 4.90 Å². The molecule has 0 saturated carbocycles. The van der Waals surface area contributed by atoms with Gasteiger partial charge in [-0.15, -0.1) is 0 Å². The third-order valence-electron chi connectivity index (χ3n) is 5.23. The number of nitrogens with zero attached hydrogens (tertiary/aromatic N) is 2.